The summed E-state index contributed by atoms with van der Waals surface area (Å²) < 4.78 is 0. The third-order valence-electron chi connectivity index (χ3n) is 2.79. The van der Waals surface area contributed by atoms with Crippen molar-refractivity contribution in [3.05, 3.63) is 12.7 Å². The summed E-state index contributed by atoms with van der Waals surface area (Å²) in [5, 5.41) is 8.95. The molecule has 0 saturated heterocycles. The third-order valence-corrected chi connectivity index (χ3v) is 2.79. The zero-order valence-corrected chi connectivity index (χ0v) is 8.84. The van der Waals surface area contributed by atoms with E-state index in [-0.39, 0.29) is 0 Å². The Morgan fingerprint density at radius 3 is 2.54 bits per heavy atom. The van der Waals surface area contributed by atoms with E-state index in [1.54, 1.807) is 6.92 Å². The first kappa shape index (κ1) is 12.2. The van der Waals surface area contributed by atoms with Gasteiger partial charge in [0.2, 0.25) is 0 Å². The van der Waals surface area contributed by atoms with Crippen LogP contribution in [0.3, 0.4) is 0 Å². The average Bonchev–Trinajstić information content (AvgIpc) is 2.13. The summed E-state index contributed by atoms with van der Waals surface area (Å²) in [6, 6.07) is 0. The van der Waals surface area contributed by atoms with Crippen molar-refractivity contribution in [2.75, 3.05) is 0 Å². The Bertz CT molecular complexity index is 187. The number of carbonyl (C=O) groups is 1. The maximum atomic E-state index is 10.9. The van der Waals surface area contributed by atoms with Gasteiger partial charge in [-0.1, -0.05) is 26.3 Å². The van der Waals surface area contributed by atoms with Gasteiger partial charge in [-0.3, -0.25) is 4.79 Å². The molecule has 2 unspecified atom stereocenters. The number of hydrogen-bond donors (Lipinski definition) is 1. The van der Waals surface area contributed by atoms with Crippen molar-refractivity contribution >= 4 is 5.97 Å². The maximum absolute atomic E-state index is 10.9. The predicted molar refractivity (Wildman–Crippen MR) is 54.6 cm³/mol. The van der Waals surface area contributed by atoms with Crippen molar-refractivity contribution in [2.45, 2.75) is 40.0 Å². The van der Waals surface area contributed by atoms with E-state index in [1.807, 2.05) is 0 Å². The average molecular weight is 184 g/mol. The number of carboxylic acids is 1. The highest BCUT2D eigenvalue weighted by Gasteiger charge is 2.29. The second-order valence-corrected chi connectivity index (χ2v) is 3.98. The first-order valence-corrected chi connectivity index (χ1v) is 4.83. The number of carboxylic acid groups (broad SMARTS) is 1. The molecule has 0 aliphatic rings. The molecule has 0 aromatic rings. The van der Waals surface area contributed by atoms with E-state index in [0.29, 0.717) is 12.3 Å². The Labute approximate surface area is 80.7 Å². The van der Waals surface area contributed by atoms with Crippen LogP contribution in [0.1, 0.15) is 40.0 Å². The van der Waals surface area contributed by atoms with E-state index in [9.17, 15) is 4.79 Å². The molecule has 0 spiro atoms. The maximum Gasteiger partial charge on any atom is 0.313 e. The van der Waals surface area contributed by atoms with Crippen LogP contribution >= 0.6 is 0 Å². The highest BCUT2D eigenvalue weighted by Crippen LogP contribution is 2.27. The summed E-state index contributed by atoms with van der Waals surface area (Å²) in [5.74, 6) is -0.176. The van der Waals surface area contributed by atoms with Gasteiger partial charge < -0.3 is 5.11 Å². The molecule has 0 aliphatic carbocycles. The minimum absolute atomic E-state index is 0.596. The Balaban J connectivity index is 4.13. The SMILES string of the molecule is C=CC(C)(CCC(C)CC)C(=O)O. The van der Waals surface area contributed by atoms with Crippen molar-refractivity contribution in [3.63, 3.8) is 0 Å². The lowest BCUT2D eigenvalue weighted by Crippen LogP contribution is -2.25. The van der Waals surface area contributed by atoms with Crippen LogP contribution in [0.5, 0.6) is 0 Å². The van der Waals surface area contributed by atoms with Gasteiger partial charge in [0.15, 0.2) is 0 Å². The summed E-state index contributed by atoms with van der Waals surface area (Å²) in [5.41, 5.74) is -0.747. The van der Waals surface area contributed by atoms with Crippen LogP contribution in [0.2, 0.25) is 0 Å². The molecule has 0 aromatic heterocycles. The summed E-state index contributed by atoms with van der Waals surface area (Å²) in [6.45, 7) is 9.57. The quantitative estimate of drug-likeness (QED) is 0.644. The van der Waals surface area contributed by atoms with E-state index in [0.717, 1.165) is 12.8 Å². The summed E-state index contributed by atoms with van der Waals surface area (Å²) in [4.78, 5) is 10.9. The van der Waals surface area contributed by atoms with Crippen LogP contribution in [0, 0.1) is 11.3 Å². The van der Waals surface area contributed by atoms with E-state index >= 15 is 0 Å². The molecule has 0 aliphatic heterocycles. The van der Waals surface area contributed by atoms with E-state index in [4.69, 9.17) is 5.11 Å². The molecular weight excluding hydrogens is 164 g/mol. The molecule has 1 N–H and O–H groups in total. The van der Waals surface area contributed by atoms with E-state index in [1.165, 1.54) is 6.08 Å². The first-order valence-electron chi connectivity index (χ1n) is 4.83. The van der Waals surface area contributed by atoms with E-state index < -0.39 is 11.4 Å². The molecule has 0 aromatic carbocycles. The van der Waals surface area contributed by atoms with Crippen LogP contribution in [-0.2, 0) is 4.79 Å². The smallest absolute Gasteiger partial charge is 0.313 e. The van der Waals surface area contributed by atoms with Gasteiger partial charge >= 0.3 is 5.97 Å². The molecule has 0 amide bonds. The predicted octanol–water partition coefficient (Wildman–Crippen LogP) is 3.09. The highest BCUT2D eigenvalue weighted by molar-refractivity contribution is 5.76. The normalized spacial score (nSPS) is 17.5. The molecule has 2 heteroatoms. The molecule has 0 fully saturated rings. The number of aliphatic carboxylic acids is 1. The van der Waals surface area contributed by atoms with Crippen LogP contribution in [-0.4, -0.2) is 11.1 Å². The van der Waals surface area contributed by atoms with Gasteiger partial charge in [-0.2, -0.15) is 0 Å². The molecular formula is C11H20O2. The van der Waals surface area contributed by atoms with Crippen molar-refractivity contribution < 1.29 is 9.90 Å². The van der Waals surface area contributed by atoms with E-state index in [2.05, 4.69) is 20.4 Å². The van der Waals surface area contributed by atoms with Crippen molar-refractivity contribution in [2.24, 2.45) is 11.3 Å². The zero-order valence-electron chi connectivity index (χ0n) is 8.84. The van der Waals surface area contributed by atoms with Gasteiger partial charge in [0.1, 0.15) is 0 Å². The second kappa shape index (κ2) is 5.05. The van der Waals surface area contributed by atoms with Gasteiger partial charge in [0.05, 0.1) is 5.41 Å². The molecule has 2 atom stereocenters. The molecule has 2 nitrogen and oxygen atoms in total. The van der Waals surface area contributed by atoms with Gasteiger partial charge in [0, 0.05) is 0 Å². The number of hydrogen-bond acceptors (Lipinski definition) is 1. The minimum Gasteiger partial charge on any atom is -0.481 e. The van der Waals surface area contributed by atoms with Gasteiger partial charge in [0.25, 0.3) is 0 Å². The molecule has 0 saturated carbocycles. The first-order chi connectivity index (χ1) is 5.96. The lowest BCUT2D eigenvalue weighted by molar-refractivity contribution is -0.145. The Kier molecular flexibility index (Phi) is 4.74. The Morgan fingerprint density at radius 2 is 2.23 bits per heavy atom. The monoisotopic (exact) mass is 184 g/mol. The van der Waals surface area contributed by atoms with Crippen LogP contribution < -0.4 is 0 Å². The molecule has 0 rings (SSSR count). The zero-order chi connectivity index (χ0) is 10.5. The molecule has 0 heterocycles. The Morgan fingerprint density at radius 1 is 1.69 bits per heavy atom. The fourth-order valence-electron chi connectivity index (χ4n) is 1.05. The van der Waals surface area contributed by atoms with Gasteiger partial charge in [-0.05, 0) is 25.7 Å². The largest absolute Gasteiger partial charge is 0.481 e. The highest BCUT2D eigenvalue weighted by atomic mass is 16.4. The standard InChI is InChI=1S/C11H20O2/c1-5-9(3)7-8-11(4,6-2)10(12)13/h6,9H,2,5,7-8H2,1,3-4H3,(H,12,13). The molecule has 0 radical (unpaired) electrons. The number of rotatable bonds is 6. The van der Waals surface area contributed by atoms with Gasteiger partial charge in [-0.15, -0.1) is 6.58 Å². The molecule has 0 bridgehead atoms. The van der Waals surface area contributed by atoms with Crippen LogP contribution in [0.25, 0.3) is 0 Å². The van der Waals surface area contributed by atoms with Crippen molar-refractivity contribution in [1.82, 2.24) is 0 Å². The lowest BCUT2D eigenvalue weighted by atomic mass is 9.83. The topological polar surface area (TPSA) is 37.3 Å². The Hall–Kier alpha value is -0.790. The lowest BCUT2D eigenvalue weighted by Gasteiger charge is -2.21. The van der Waals surface area contributed by atoms with Crippen molar-refractivity contribution in [1.29, 1.82) is 0 Å². The molecule has 76 valence electrons. The fourth-order valence-corrected chi connectivity index (χ4v) is 1.05. The fraction of sp³-hybridized carbons (Fsp3) is 0.727. The summed E-state index contributed by atoms with van der Waals surface area (Å²) >= 11 is 0. The van der Waals surface area contributed by atoms with Crippen LogP contribution in [0.4, 0.5) is 0 Å². The second-order valence-electron chi connectivity index (χ2n) is 3.98. The van der Waals surface area contributed by atoms with Crippen LogP contribution in [0.15, 0.2) is 12.7 Å². The van der Waals surface area contributed by atoms with Crippen molar-refractivity contribution in [3.8, 4) is 0 Å². The minimum atomic E-state index is -0.772. The molecule has 13 heavy (non-hydrogen) atoms. The summed E-state index contributed by atoms with van der Waals surface area (Å²) in [6.07, 6.45) is 4.27. The third kappa shape index (κ3) is 3.62. The summed E-state index contributed by atoms with van der Waals surface area (Å²) in [7, 11) is 0. The van der Waals surface area contributed by atoms with Gasteiger partial charge in [-0.25, -0.2) is 0 Å².